The van der Waals surface area contributed by atoms with Crippen molar-refractivity contribution in [3.63, 3.8) is 0 Å². The van der Waals surface area contributed by atoms with E-state index >= 15 is 0 Å². The molecule has 1 aromatic rings. The van der Waals surface area contributed by atoms with Gasteiger partial charge in [0.2, 0.25) is 5.91 Å². The number of nitrogens with one attached hydrogen (secondary N) is 1. The molecule has 108 valence electrons. The predicted molar refractivity (Wildman–Crippen MR) is 78.2 cm³/mol. The summed E-state index contributed by atoms with van der Waals surface area (Å²) in [5, 5.41) is 3.11. The number of carbonyl (C=O) groups excluding carboxylic acids is 2. The Morgan fingerprint density at radius 2 is 2.05 bits per heavy atom. The lowest BCUT2D eigenvalue weighted by atomic mass is 10.1. The van der Waals surface area contributed by atoms with Gasteiger partial charge in [0.05, 0.1) is 11.6 Å². The van der Waals surface area contributed by atoms with Crippen LogP contribution in [0.15, 0.2) is 30.3 Å². The van der Waals surface area contributed by atoms with Crippen molar-refractivity contribution in [1.82, 2.24) is 10.2 Å². The van der Waals surface area contributed by atoms with Gasteiger partial charge >= 0.3 is 0 Å². The molecule has 1 saturated carbocycles. The average Bonchev–Trinajstić information content (AvgIpc) is 3.29. The number of hydrogen-bond donors (Lipinski definition) is 1. The molecule has 0 heterocycles. The Kier molecular flexibility index (Phi) is 4.55. The van der Waals surface area contributed by atoms with Crippen LogP contribution in [0.3, 0.4) is 0 Å². The highest BCUT2D eigenvalue weighted by atomic mass is 16.2. The fourth-order valence-electron chi connectivity index (χ4n) is 2.48. The molecule has 1 aliphatic carbocycles. The number of rotatable bonds is 7. The van der Waals surface area contributed by atoms with Crippen molar-refractivity contribution < 1.29 is 9.59 Å². The summed E-state index contributed by atoms with van der Waals surface area (Å²) in [6.45, 7) is 2.42. The van der Waals surface area contributed by atoms with Crippen molar-refractivity contribution in [2.75, 3.05) is 7.05 Å². The van der Waals surface area contributed by atoms with Crippen molar-refractivity contribution in [1.29, 1.82) is 0 Å². The van der Waals surface area contributed by atoms with Crippen molar-refractivity contribution >= 4 is 12.2 Å². The second-order valence-electron chi connectivity index (χ2n) is 5.36. The summed E-state index contributed by atoms with van der Waals surface area (Å²) in [5.74, 6) is 0.0443. The van der Waals surface area contributed by atoms with Crippen LogP contribution in [-0.4, -0.2) is 35.7 Å². The van der Waals surface area contributed by atoms with Gasteiger partial charge in [-0.2, -0.15) is 0 Å². The molecule has 4 nitrogen and oxygen atoms in total. The molecule has 0 aromatic heterocycles. The van der Waals surface area contributed by atoms with Crippen LogP contribution in [0.1, 0.15) is 31.7 Å². The zero-order chi connectivity index (χ0) is 14.6. The Labute approximate surface area is 120 Å². The Bertz CT molecular complexity index is 469. The molecule has 0 bridgehead atoms. The van der Waals surface area contributed by atoms with Gasteiger partial charge < -0.3 is 15.0 Å². The van der Waals surface area contributed by atoms with Crippen LogP contribution in [0.5, 0.6) is 0 Å². The van der Waals surface area contributed by atoms with Crippen molar-refractivity contribution in [2.45, 2.75) is 44.3 Å². The van der Waals surface area contributed by atoms with E-state index < -0.39 is 5.54 Å². The minimum atomic E-state index is -0.439. The highest BCUT2D eigenvalue weighted by molar-refractivity contribution is 5.91. The standard InChI is InChI=1S/C16H22N2O2/c1-3-14(12-19)18(11-13-7-5-4-6-8-13)15(20)16(17-2)9-10-16/h4-8,12,14,17H,3,9-11H2,1-2H3. The molecule has 1 atom stereocenters. The van der Waals surface area contributed by atoms with E-state index in [-0.39, 0.29) is 11.9 Å². The molecule has 1 aliphatic rings. The summed E-state index contributed by atoms with van der Waals surface area (Å²) in [6, 6.07) is 9.46. The maximum Gasteiger partial charge on any atom is 0.243 e. The number of hydrogen-bond acceptors (Lipinski definition) is 3. The average molecular weight is 274 g/mol. The van der Waals surface area contributed by atoms with E-state index in [1.807, 2.05) is 44.3 Å². The molecule has 0 saturated heterocycles. The largest absolute Gasteiger partial charge is 0.327 e. The third-order valence-corrected chi connectivity index (χ3v) is 4.07. The minimum Gasteiger partial charge on any atom is -0.327 e. The van der Waals surface area contributed by atoms with E-state index in [1.165, 1.54) is 0 Å². The summed E-state index contributed by atoms with van der Waals surface area (Å²) < 4.78 is 0. The molecule has 0 radical (unpaired) electrons. The van der Waals surface area contributed by atoms with Crippen LogP contribution >= 0.6 is 0 Å². The SMILES string of the molecule is CCC(C=O)N(Cc1ccccc1)C(=O)C1(NC)CC1. The maximum atomic E-state index is 12.7. The quantitative estimate of drug-likeness (QED) is 0.771. The van der Waals surface area contributed by atoms with Gasteiger partial charge in [-0.15, -0.1) is 0 Å². The van der Waals surface area contributed by atoms with Crippen LogP contribution in [0.4, 0.5) is 0 Å². The molecule has 0 spiro atoms. The van der Waals surface area contributed by atoms with E-state index in [4.69, 9.17) is 0 Å². The highest BCUT2D eigenvalue weighted by Gasteiger charge is 2.51. The van der Waals surface area contributed by atoms with E-state index in [0.717, 1.165) is 24.7 Å². The fraction of sp³-hybridized carbons (Fsp3) is 0.500. The second kappa shape index (κ2) is 6.18. The lowest BCUT2D eigenvalue weighted by Gasteiger charge is -2.31. The molecule has 1 unspecified atom stereocenters. The molecule has 1 aromatic carbocycles. The van der Waals surface area contributed by atoms with E-state index in [0.29, 0.717) is 13.0 Å². The number of likely N-dealkylation sites (N-methyl/N-ethyl adjacent to an activating group) is 1. The lowest BCUT2D eigenvalue weighted by Crippen LogP contribution is -2.51. The van der Waals surface area contributed by atoms with Gasteiger partial charge in [-0.05, 0) is 31.9 Å². The molecular weight excluding hydrogens is 252 g/mol. The third-order valence-electron chi connectivity index (χ3n) is 4.07. The minimum absolute atomic E-state index is 0.0443. The van der Waals surface area contributed by atoms with Crippen LogP contribution in [0, 0.1) is 0 Å². The number of aldehydes is 1. The smallest absolute Gasteiger partial charge is 0.243 e. The Morgan fingerprint density at radius 1 is 1.40 bits per heavy atom. The predicted octanol–water partition coefficient (Wildman–Crippen LogP) is 1.74. The zero-order valence-electron chi connectivity index (χ0n) is 12.1. The van der Waals surface area contributed by atoms with Gasteiger partial charge in [0.25, 0.3) is 0 Å². The van der Waals surface area contributed by atoms with Gasteiger partial charge in [-0.25, -0.2) is 0 Å². The molecule has 2 rings (SSSR count). The van der Waals surface area contributed by atoms with E-state index in [1.54, 1.807) is 4.90 Å². The van der Waals surface area contributed by atoms with Crippen LogP contribution in [0.2, 0.25) is 0 Å². The molecule has 1 amide bonds. The molecule has 4 heteroatoms. The van der Waals surface area contributed by atoms with Crippen LogP contribution in [0.25, 0.3) is 0 Å². The third kappa shape index (κ3) is 2.90. The van der Waals surface area contributed by atoms with Crippen LogP contribution in [-0.2, 0) is 16.1 Å². The first kappa shape index (κ1) is 14.7. The fourth-order valence-corrected chi connectivity index (χ4v) is 2.48. The lowest BCUT2D eigenvalue weighted by molar-refractivity contribution is -0.140. The normalized spacial score (nSPS) is 17.3. The summed E-state index contributed by atoms with van der Waals surface area (Å²) in [4.78, 5) is 25.7. The Morgan fingerprint density at radius 3 is 2.50 bits per heavy atom. The molecule has 1 N–H and O–H groups in total. The molecular formula is C16H22N2O2. The van der Waals surface area contributed by atoms with Gasteiger partial charge in [0.1, 0.15) is 6.29 Å². The van der Waals surface area contributed by atoms with Crippen molar-refractivity contribution in [3.05, 3.63) is 35.9 Å². The van der Waals surface area contributed by atoms with E-state index in [2.05, 4.69) is 5.32 Å². The highest BCUT2D eigenvalue weighted by Crippen LogP contribution is 2.37. The van der Waals surface area contributed by atoms with Crippen molar-refractivity contribution in [2.24, 2.45) is 0 Å². The summed E-state index contributed by atoms with van der Waals surface area (Å²) in [7, 11) is 1.81. The summed E-state index contributed by atoms with van der Waals surface area (Å²) in [5.41, 5.74) is 0.610. The van der Waals surface area contributed by atoms with Gasteiger partial charge in [0.15, 0.2) is 0 Å². The van der Waals surface area contributed by atoms with Crippen LogP contribution < -0.4 is 5.32 Å². The first-order chi connectivity index (χ1) is 9.66. The van der Waals surface area contributed by atoms with Crippen molar-refractivity contribution in [3.8, 4) is 0 Å². The number of carbonyl (C=O) groups is 2. The topological polar surface area (TPSA) is 49.4 Å². The number of nitrogens with zero attached hydrogens (tertiary/aromatic N) is 1. The molecule has 1 fully saturated rings. The zero-order valence-corrected chi connectivity index (χ0v) is 12.1. The van der Waals surface area contributed by atoms with Gasteiger partial charge in [0, 0.05) is 6.54 Å². The summed E-state index contributed by atoms with van der Waals surface area (Å²) in [6.07, 6.45) is 3.22. The molecule has 20 heavy (non-hydrogen) atoms. The number of amides is 1. The first-order valence-electron chi connectivity index (χ1n) is 7.16. The monoisotopic (exact) mass is 274 g/mol. The summed E-state index contributed by atoms with van der Waals surface area (Å²) >= 11 is 0. The Balaban J connectivity index is 2.21. The molecule has 0 aliphatic heterocycles. The van der Waals surface area contributed by atoms with Gasteiger partial charge in [-0.3, -0.25) is 4.79 Å². The maximum absolute atomic E-state index is 12.7. The number of benzene rings is 1. The first-order valence-corrected chi connectivity index (χ1v) is 7.16. The van der Waals surface area contributed by atoms with E-state index in [9.17, 15) is 9.59 Å². The second-order valence-corrected chi connectivity index (χ2v) is 5.36. The van der Waals surface area contributed by atoms with Gasteiger partial charge in [-0.1, -0.05) is 37.3 Å². The Hall–Kier alpha value is -1.68.